The number of hydrogen-bond acceptors (Lipinski definition) is 3. The molecule has 0 aromatic heterocycles. The van der Waals surface area contributed by atoms with Crippen LogP contribution in [0.1, 0.15) is 12.0 Å². The van der Waals surface area contributed by atoms with E-state index in [4.69, 9.17) is 4.74 Å². The van der Waals surface area contributed by atoms with Crippen LogP contribution in [-0.4, -0.2) is 39.0 Å². The highest BCUT2D eigenvalue weighted by atomic mass is 79.9. The van der Waals surface area contributed by atoms with E-state index in [1.165, 1.54) is 4.31 Å². The normalized spacial score (nSPS) is 21.4. The summed E-state index contributed by atoms with van der Waals surface area (Å²) in [5, 5.41) is 0. The van der Waals surface area contributed by atoms with Crippen molar-refractivity contribution >= 4 is 26.0 Å². The number of methoxy groups -OCH3 is 1. The van der Waals surface area contributed by atoms with Crippen molar-refractivity contribution in [3.05, 3.63) is 28.2 Å². The highest BCUT2D eigenvalue weighted by molar-refractivity contribution is 9.10. The second kappa shape index (κ2) is 5.28. The van der Waals surface area contributed by atoms with Crippen LogP contribution in [0, 0.1) is 6.92 Å². The van der Waals surface area contributed by atoms with Gasteiger partial charge in [-0.25, -0.2) is 8.42 Å². The van der Waals surface area contributed by atoms with Crippen LogP contribution < -0.4 is 0 Å². The zero-order valence-electron chi connectivity index (χ0n) is 10.4. The minimum absolute atomic E-state index is 0.00370. The first-order valence-electron chi connectivity index (χ1n) is 5.74. The van der Waals surface area contributed by atoms with E-state index >= 15 is 0 Å². The van der Waals surface area contributed by atoms with Crippen molar-refractivity contribution in [1.29, 1.82) is 0 Å². The number of aryl methyl sites for hydroxylation is 1. The zero-order chi connectivity index (χ0) is 13.3. The fraction of sp³-hybridized carbons (Fsp3) is 0.500. The highest BCUT2D eigenvalue weighted by Gasteiger charge is 2.33. The van der Waals surface area contributed by atoms with E-state index in [-0.39, 0.29) is 6.10 Å². The smallest absolute Gasteiger partial charge is 0.244 e. The van der Waals surface area contributed by atoms with Crippen molar-refractivity contribution < 1.29 is 13.2 Å². The molecule has 1 unspecified atom stereocenters. The molecule has 18 heavy (non-hydrogen) atoms. The van der Waals surface area contributed by atoms with Gasteiger partial charge in [0.25, 0.3) is 0 Å². The lowest BCUT2D eigenvalue weighted by Gasteiger charge is -2.17. The van der Waals surface area contributed by atoms with Gasteiger partial charge in [0.05, 0.1) is 11.0 Å². The minimum atomic E-state index is -3.42. The van der Waals surface area contributed by atoms with E-state index in [0.29, 0.717) is 22.5 Å². The Hall–Kier alpha value is -0.430. The molecule has 6 heteroatoms. The van der Waals surface area contributed by atoms with E-state index in [9.17, 15) is 8.42 Å². The lowest BCUT2D eigenvalue weighted by Crippen LogP contribution is -2.30. The first kappa shape index (κ1) is 14.0. The number of benzene rings is 1. The summed E-state index contributed by atoms with van der Waals surface area (Å²) in [6, 6.07) is 5.27. The Morgan fingerprint density at radius 1 is 1.44 bits per heavy atom. The van der Waals surface area contributed by atoms with E-state index in [2.05, 4.69) is 15.9 Å². The zero-order valence-corrected chi connectivity index (χ0v) is 12.8. The number of rotatable bonds is 3. The Morgan fingerprint density at radius 2 is 2.17 bits per heavy atom. The standard InChI is InChI=1S/C12H16BrNO3S/c1-9-3-4-12(11(13)7-9)18(15,16)14-6-5-10(8-14)17-2/h3-4,7,10H,5-6,8H2,1-2H3. The molecule has 1 atom stereocenters. The third kappa shape index (κ3) is 2.61. The molecule has 1 saturated heterocycles. The molecule has 0 radical (unpaired) electrons. The van der Waals surface area contributed by atoms with Crippen LogP contribution in [0.3, 0.4) is 0 Å². The summed E-state index contributed by atoms with van der Waals surface area (Å²) < 4.78 is 32.2. The van der Waals surface area contributed by atoms with Gasteiger partial charge in [0.2, 0.25) is 10.0 Å². The Labute approximate surface area is 116 Å². The molecule has 0 spiro atoms. The van der Waals surface area contributed by atoms with Crippen LogP contribution in [0.25, 0.3) is 0 Å². The van der Waals surface area contributed by atoms with Gasteiger partial charge in [0.15, 0.2) is 0 Å². The number of halogens is 1. The molecule has 2 rings (SSSR count). The molecule has 1 aliphatic rings. The Kier molecular flexibility index (Phi) is 4.11. The Bertz CT molecular complexity index is 544. The summed E-state index contributed by atoms with van der Waals surface area (Å²) in [5.74, 6) is 0. The van der Waals surface area contributed by atoms with Crippen LogP contribution in [0.5, 0.6) is 0 Å². The fourth-order valence-electron chi connectivity index (χ4n) is 2.06. The van der Waals surface area contributed by atoms with Crippen LogP contribution >= 0.6 is 15.9 Å². The molecular formula is C12H16BrNO3S. The van der Waals surface area contributed by atoms with Gasteiger partial charge in [-0.2, -0.15) is 4.31 Å². The maximum atomic E-state index is 12.5. The van der Waals surface area contributed by atoms with E-state index in [1.54, 1.807) is 13.2 Å². The molecule has 0 saturated carbocycles. The number of ether oxygens (including phenoxy) is 1. The third-order valence-electron chi connectivity index (χ3n) is 3.15. The molecule has 1 aliphatic heterocycles. The topological polar surface area (TPSA) is 46.6 Å². The average molecular weight is 334 g/mol. The lowest BCUT2D eigenvalue weighted by molar-refractivity contribution is 0.115. The van der Waals surface area contributed by atoms with Gasteiger partial charge in [-0.15, -0.1) is 0 Å². The summed E-state index contributed by atoms with van der Waals surface area (Å²) in [5.41, 5.74) is 1.03. The third-order valence-corrected chi connectivity index (χ3v) is 5.99. The predicted molar refractivity (Wildman–Crippen MR) is 73.1 cm³/mol. The highest BCUT2D eigenvalue weighted by Crippen LogP contribution is 2.28. The lowest BCUT2D eigenvalue weighted by atomic mass is 10.2. The quantitative estimate of drug-likeness (QED) is 0.851. The predicted octanol–water partition coefficient (Wildman–Crippen LogP) is 2.17. The van der Waals surface area contributed by atoms with Gasteiger partial charge < -0.3 is 4.74 Å². The summed E-state index contributed by atoms with van der Waals surface area (Å²) in [6.07, 6.45) is 0.753. The molecule has 1 heterocycles. The van der Waals surface area contributed by atoms with E-state index in [0.717, 1.165) is 12.0 Å². The maximum Gasteiger partial charge on any atom is 0.244 e. The Morgan fingerprint density at radius 3 is 2.72 bits per heavy atom. The number of nitrogens with zero attached hydrogens (tertiary/aromatic N) is 1. The molecule has 1 aromatic rings. The molecule has 0 bridgehead atoms. The largest absolute Gasteiger partial charge is 0.380 e. The van der Waals surface area contributed by atoms with Crippen molar-refractivity contribution in [1.82, 2.24) is 4.31 Å². The molecule has 0 aliphatic carbocycles. The molecular weight excluding hydrogens is 318 g/mol. The number of sulfonamides is 1. The van der Waals surface area contributed by atoms with Crippen LogP contribution in [0.2, 0.25) is 0 Å². The van der Waals surface area contributed by atoms with Crippen molar-refractivity contribution in [3.63, 3.8) is 0 Å². The maximum absolute atomic E-state index is 12.5. The molecule has 100 valence electrons. The van der Waals surface area contributed by atoms with Crippen LogP contribution in [0.15, 0.2) is 27.6 Å². The van der Waals surface area contributed by atoms with Gasteiger partial charge in [-0.05, 0) is 47.0 Å². The molecule has 4 nitrogen and oxygen atoms in total. The summed E-state index contributed by atoms with van der Waals surface area (Å²) in [4.78, 5) is 0.324. The average Bonchev–Trinajstić information content (AvgIpc) is 2.77. The van der Waals surface area contributed by atoms with Gasteiger partial charge in [-0.3, -0.25) is 0 Å². The van der Waals surface area contributed by atoms with Gasteiger partial charge in [0.1, 0.15) is 0 Å². The fourth-order valence-corrected chi connectivity index (χ4v) is 4.70. The summed E-state index contributed by atoms with van der Waals surface area (Å²) >= 11 is 3.33. The summed E-state index contributed by atoms with van der Waals surface area (Å²) in [7, 11) is -1.81. The molecule has 1 aromatic carbocycles. The van der Waals surface area contributed by atoms with Crippen molar-refractivity contribution in [2.24, 2.45) is 0 Å². The van der Waals surface area contributed by atoms with Crippen molar-refractivity contribution in [3.8, 4) is 0 Å². The summed E-state index contributed by atoms with van der Waals surface area (Å²) in [6.45, 7) is 2.87. The molecule has 0 amide bonds. The van der Waals surface area contributed by atoms with Crippen LogP contribution in [0.4, 0.5) is 0 Å². The Balaban J connectivity index is 2.31. The SMILES string of the molecule is COC1CCN(S(=O)(=O)c2ccc(C)cc2Br)C1. The first-order chi connectivity index (χ1) is 8.45. The second-order valence-corrected chi connectivity index (χ2v) is 7.20. The van der Waals surface area contributed by atoms with Crippen molar-refractivity contribution in [2.75, 3.05) is 20.2 Å². The molecule has 1 fully saturated rings. The monoisotopic (exact) mass is 333 g/mol. The minimum Gasteiger partial charge on any atom is -0.380 e. The van der Waals surface area contributed by atoms with E-state index in [1.807, 2.05) is 19.1 Å². The van der Waals surface area contributed by atoms with Gasteiger partial charge >= 0.3 is 0 Å². The van der Waals surface area contributed by atoms with Crippen molar-refractivity contribution in [2.45, 2.75) is 24.3 Å². The van der Waals surface area contributed by atoms with Gasteiger partial charge in [0, 0.05) is 24.7 Å². The van der Waals surface area contributed by atoms with Gasteiger partial charge in [-0.1, -0.05) is 6.07 Å². The van der Waals surface area contributed by atoms with Crippen LogP contribution in [-0.2, 0) is 14.8 Å². The number of hydrogen-bond donors (Lipinski definition) is 0. The second-order valence-electron chi connectivity index (χ2n) is 4.44. The first-order valence-corrected chi connectivity index (χ1v) is 7.97. The van der Waals surface area contributed by atoms with E-state index < -0.39 is 10.0 Å². The molecule has 0 N–H and O–H groups in total.